The fraction of sp³-hybridized carbons (Fsp3) is 0.571. The van der Waals surface area contributed by atoms with E-state index in [1.807, 2.05) is 37.3 Å². The Morgan fingerprint density at radius 2 is 1.89 bits per heavy atom. The molecule has 1 heterocycles. The minimum Gasteiger partial charge on any atom is -0.377 e. The van der Waals surface area contributed by atoms with Crippen LogP contribution < -0.4 is 0 Å². The third-order valence-electron chi connectivity index (χ3n) is 5.68. The average molecular weight is 392 g/mol. The first-order chi connectivity index (χ1) is 12.5. The van der Waals surface area contributed by atoms with E-state index in [9.17, 15) is 5.21 Å². The Balaban J connectivity index is 2.61. The third-order valence-corrected chi connectivity index (χ3v) is 10.1. The lowest BCUT2D eigenvalue weighted by Crippen LogP contribution is -2.60. The van der Waals surface area contributed by atoms with E-state index in [1.54, 1.807) is 13.0 Å². The first-order valence-corrected chi connectivity index (χ1v) is 12.4. The molecule has 0 spiro atoms. The predicted molar refractivity (Wildman–Crippen MR) is 111 cm³/mol. The molecular weight excluding hydrogens is 358 g/mol. The van der Waals surface area contributed by atoms with Crippen LogP contribution in [0.1, 0.15) is 46.1 Å². The molecule has 6 heteroatoms. The molecule has 1 aromatic rings. The molecule has 0 radical (unpaired) electrons. The van der Waals surface area contributed by atoms with Crippen LogP contribution in [-0.2, 0) is 14.0 Å². The second-order valence-corrected chi connectivity index (χ2v) is 13.3. The Hall–Kier alpha value is -1.63. The van der Waals surface area contributed by atoms with Crippen LogP contribution in [0.5, 0.6) is 0 Å². The molecule has 3 unspecified atom stereocenters. The van der Waals surface area contributed by atoms with Gasteiger partial charge in [-0.1, -0.05) is 57.2 Å². The first-order valence-electron chi connectivity index (χ1n) is 9.50. The summed E-state index contributed by atoms with van der Waals surface area (Å²) in [5, 5.41) is 12.7. The molecule has 150 valence electrons. The number of nitrogens with zero attached hydrogens (tertiary/aromatic N) is 1. The summed E-state index contributed by atoms with van der Waals surface area (Å²) in [7, 11) is -2.31. The average Bonchev–Trinajstić information content (AvgIpc) is 2.57. The molecular formula is C21H33NO4Si. The third kappa shape index (κ3) is 4.12. The van der Waals surface area contributed by atoms with Crippen LogP contribution in [0, 0.1) is 11.1 Å². The van der Waals surface area contributed by atoms with Gasteiger partial charge in [0.05, 0.1) is 11.8 Å². The monoisotopic (exact) mass is 391 g/mol. The van der Waals surface area contributed by atoms with Crippen molar-refractivity contribution in [3.63, 3.8) is 0 Å². The van der Waals surface area contributed by atoms with Gasteiger partial charge in [0, 0.05) is 18.4 Å². The highest BCUT2D eigenvalue weighted by Gasteiger charge is 2.56. The van der Waals surface area contributed by atoms with Crippen LogP contribution in [0.4, 0.5) is 0 Å². The molecule has 2 rings (SSSR count). The number of benzene rings is 1. The molecule has 1 aliphatic heterocycles. The molecule has 3 atom stereocenters. The molecule has 0 fully saturated rings. The highest BCUT2D eigenvalue weighted by atomic mass is 28.4. The maximum absolute atomic E-state index is 12.7. The van der Waals surface area contributed by atoms with Gasteiger partial charge >= 0.3 is 0 Å². The molecule has 5 nitrogen and oxygen atoms in total. The van der Waals surface area contributed by atoms with Crippen molar-refractivity contribution in [2.24, 2.45) is 5.92 Å². The van der Waals surface area contributed by atoms with Gasteiger partial charge in [0.25, 0.3) is 5.97 Å². The fourth-order valence-corrected chi connectivity index (χ4v) is 4.41. The van der Waals surface area contributed by atoms with Crippen molar-refractivity contribution in [2.45, 2.75) is 64.6 Å². The standard InChI is InChI=1S/C21H33NO4Si/c1-9-18-19(17-14-12-11-13-15-17)16(3)22(23)25-21(18,24-10-2)26-27(7,8)20(4,5)6/h9,11-15,18-19H,1,10H2,2-8H3. The molecule has 1 aliphatic rings. The second-order valence-electron chi connectivity index (χ2n) is 8.54. The molecule has 0 bridgehead atoms. The zero-order valence-corrected chi connectivity index (χ0v) is 18.6. The molecule has 0 aliphatic carbocycles. The van der Waals surface area contributed by atoms with E-state index in [-0.39, 0.29) is 16.9 Å². The smallest absolute Gasteiger partial charge is 0.281 e. The number of ether oxygens (including phenoxy) is 1. The first kappa shape index (κ1) is 21.7. The van der Waals surface area contributed by atoms with E-state index in [1.165, 1.54) is 0 Å². The minimum absolute atomic E-state index is 0.0711. The van der Waals surface area contributed by atoms with E-state index in [4.69, 9.17) is 14.0 Å². The Bertz CT molecular complexity index is 696. The van der Waals surface area contributed by atoms with E-state index in [0.29, 0.717) is 17.2 Å². The lowest BCUT2D eigenvalue weighted by molar-refractivity contribution is -0.810. The molecule has 1 aromatic carbocycles. The number of rotatable bonds is 6. The topological polar surface area (TPSA) is 53.8 Å². The summed E-state index contributed by atoms with van der Waals surface area (Å²) in [4.78, 5) is 6.33. The van der Waals surface area contributed by atoms with Crippen molar-refractivity contribution in [1.29, 1.82) is 0 Å². The Morgan fingerprint density at radius 1 is 1.30 bits per heavy atom. The van der Waals surface area contributed by atoms with Crippen molar-refractivity contribution in [3.8, 4) is 0 Å². The van der Waals surface area contributed by atoms with Gasteiger partial charge in [-0.2, -0.15) is 0 Å². The van der Waals surface area contributed by atoms with Gasteiger partial charge in [-0.05, 0) is 30.6 Å². The van der Waals surface area contributed by atoms with Crippen LogP contribution >= 0.6 is 0 Å². The van der Waals surface area contributed by atoms with Crippen molar-refractivity contribution < 1.29 is 18.9 Å². The summed E-state index contributed by atoms with van der Waals surface area (Å²) in [5.74, 6) is -2.10. The highest BCUT2D eigenvalue weighted by Crippen LogP contribution is 2.47. The zero-order chi connectivity index (χ0) is 20.5. The maximum atomic E-state index is 12.7. The maximum Gasteiger partial charge on any atom is 0.281 e. The molecule has 27 heavy (non-hydrogen) atoms. The van der Waals surface area contributed by atoms with Crippen molar-refractivity contribution in [1.82, 2.24) is 0 Å². The van der Waals surface area contributed by atoms with Crippen LogP contribution in [0.15, 0.2) is 43.0 Å². The Labute approximate surface area is 164 Å². The summed E-state index contributed by atoms with van der Waals surface area (Å²) in [6.07, 6.45) is 1.79. The van der Waals surface area contributed by atoms with Gasteiger partial charge in [0.1, 0.15) is 0 Å². The Kier molecular flexibility index (Phi) is 6.24. The van der Waals surface area contributed by atoms with Gasteiger partial charge in [-0.15, -0.1) is 6.58 Å². The van der Waals surface area contributed by atoms with Crippen molar-refractivity contribution in [3.05, 3.63) is 53.8 Å². The lowest BCUT2D eigenvalue weighted by Gasteiger charge is -2.51. The van der Waals surface area contributed by atoms with Crippen molar-refractivity contribution in [2.75, 3.05) is 6.61 Å². The van der Waals surface area contributed by atoms with Crippen LogP contribution in [-0.4, -0.2) is 31.5 Å². The van der Waals surface area contributed by atoms with E-state index in [0.717, 1.165) is 5.56 Å². The highest BCUT2D eigenvalue weighted by molar-refractivity contribution is 6.74. The van der Waals surface area contributed by atoms with Gasteiger partial charge in [-0.25, -0.2) is 0 Å². The summed E-state index contributed by atoms with van der Waals surface area (Å²) >= 11 is 0. The Morgan fingerprint density at radius 3 is 2.37 bits per heavy atom. The number of hydrogen-bond donors (Lipinski definition) is 0. The van der Waals surface area contributed by atoms with Crippen molar-refractivity contribution >= 4 is 14.0 Å². The zero-order valence-electron chi connectivity index (χ0n) is 17.6. The largest absolute Gasteiger partial charge is 0.377 e. The molecule has 0 saturated carbocycles. The van der Waals surface area contributed by atoms with Gasteiger partial charge < -0.3 is 14.0 Å². The SMILES string of the molecule is C=CC1C(c2ccccc2)C(C)=[N+]([O-])OC1(OCC)O[Si](C)(C)C(C)(C)C. The van der Waals surface area contributed by atoms with Crippen LogP contribution in [0.2, 0.25) is 18.1 Å². The summed E-state index contributed by atoms with van der Waals surface area (Å²) in [5.41, 5.74) is 1.56. The number of hydrogen-bond acceptors (Lipinski definition) is 4. The van der Waals surface area contributed by atoms with Crippen LogP contribution in [0.3, 0.4) is 0 Å². The molecule has 0 amide bonds. The summed E-state index contributed by atoms with van der Waals surface area (Å²) < 4.78 is 12.7. The summed E-state index contributed by atoms with van der Waals surface area (Å²) in [6, 6.07) is 9.90. The second kappa shape index (κ2) is 7.77. The van der Waals surface area contributed by atoms with Gasteiger partial charge in [0.15, 0.2) is 8.32 Å². The van der Waals surface area contributed by atoms with E-state index in [2.05, 4.69) is 40.4 Å². The van der Waals surface area contributed by atoms with Crippen LogP contribution in [0.25, 0.3) is 0 Å². The normalized spacial score (nSPS) is 26.6. The fourth-order valence-electron chi connectivity index (χ4n) is 3.16. The molecule has 0 saturated heterocycles. The quantitative estimate of drug-likeness (QED) is 0.289. The molecule has 0 aromatic heterocycles. The lowest BCUT2D eigenvalue weighted by atomic mass is 9.80. The molecule has 0 N–H and O–H groups in total. The summed E-state index contributed by atoms with van der Waals surface area (Å²) in [6.45, 7) is 18.7. The van der Waals surface area contributed by atoms with Gasteiger partial charge in [0.2, 0.25) is 5.71 Å². The van der Waals surface area contributed by atoms with E-state index >= 15 is 0 Å². The van der Waals surface area contributed by atoms with E-state index < -0.39 is 14.3 Å². The van der Waals surface area contributed by atoms with Gasteiger partial charge in [-0.3, -0.25) is 5.21 Å². The predicted octanol–water partition coefficient (Wildman–Crippen LogP) is 5.20. The minimum atomic E-state index is -2.31.